The summed E-state index contributed by atoms with van der Waals surface area (Å²) in [5.74, 6) is -1.30. The van der Waals surface area contributed by atoms with E-state index >= 15 is 0 Å². The maximum Gasteiger partial charge on any atom is 0.341 e. The lowest BCUT2D eigenvalue weighted by molar-refractivity contribution is 0.0612. The van der Waals surface area contributed by atoms with E-state index < -0.39 is 17.0 Å². The molecule has 0 saturated heterocycles. The predicted octanol–water partition coefficient (Wildman–Crippen LogP) is 1.63. The molecule has 0 saturated carbocycles. The van der Waals surface area contributed by atoms with Crippen LogP contribution in [-0.4, -0.2) is 31.3 Å². The maximum absolute atomic E-state index is 12.1. The summed E-state index contributed by atoms with van der Waals surface area (Å²) >= 11 is 3.21. The third kappa shape index (κ3) is 2.88. The van der Waals surface area contributed by atoms with Crippen LogP contribution in [0.5, 0.6) is 0 Å². The second-order valence-electron chi connectivity index (χ2n) is 5.14. The Morgan fingerprint density at radius 3 is 2.70 bits per heavy atom. The summed E-state index contributed by atoms with van der Waals surface area (Å²) in [5, 5.41) is 19.2. The van der Waals surface area contributed by atoms with Gasteiger partial charge >= 0.3 is 5.97 Å². The summed E-state index contributed by atoms with van der Waals surface area (Å²) in [6, 6.07) is 1.53. The number of hydrogen-bond acceptors (Lipinski definition) is 4. The number of carboxylic acid groups (broad SMARTS) is 1. The van der Waals surface area contributed by atoms with Gasteiger partial charge in [0.05, 0.1) is 17.5 Å². The maximum atomic E-state index is 12.1. The van der Waals surface area contributed by atoms with Crippen LogP contribution in [0.2, 0.25) is 0 Å². The third-order valence-corrected chi connectivity index (χ3v) is 3.10. The van der Waals surface area contributed by atoms with Gasteiger partial charge in [0.15, 0.2) is 0 Å². The Morgan fingerprint density at radius 2 is 2.15 bits per heavy atom. The van der Waals surface area contributed by atoms with Crippen molar-refractivity contribution in [1.29, 1.82) is 0 Å². The van der Waals surface area contributed by atoms with E-state index in [1.165, 1.54) is 23.0 Å². The number of carbonyl (C=O) groups is 1. The molecule has 6 nitrogen and oxygen atoms in total. The topological polar surface area (TPSA) is 92.4 Å². The molecule has 0 unspecified atom stereocenters. The van der Waals surface area contributed by atoms with Crippen LogP contribution in [0, 0.1) is 0 Å². The lowest BCUT2D eigenvalue weighted by Gasteiger charge is -2.20. The average Bonchev–Trinajstić information content (AvgIpc) is 2.30. The quantitative estimate of drug-likeness (QED) is 0.885. The van der Waals surface area contributed by atoms with E-state index in [2.05, 4.69) is 20.9 Å². The van der Waals surface area contributed by atoms with Crippen LogP contribution < -0.4 is 5.43 Å². The molecular weight excluding hydrogens is 328 g/mol. The molecule has 0 aromatic carbocycles. The van der Waals surface area contributed by atoms with Gasteiger partial charge in [-0.1, -0.05) is 0 Å². The number of pyridine rings is 2. The SMILES string of the molecule is CC(C)(O)Cn1cc(C(=O)O)c(=O)c2cc(Br)cnc21. The molecule has 2 aromatic rings. The van der Waals surface area contributed by atoms with Crippen LogP contribution in [0.4, 0.5) is 0 Å². The van der Waals surface area contributed by atoms with E-state index in [9.17, 15) is 14.7 Å². The van der Waals surface area contributed by atoms with Crippen molar-refractivity contribution in [3.8, 4) is 0 Å². The van der Waals surface area contributed by atoms with Gasteiger partial charge in [-0.05, 0) is 35.8 Å². The fourth-order valence-corrected chi connectivity index (χ4v) is 2.27. The molecule has 0 aliphatic rings. The highest BCUT2D eigenvalue weighted by Crippen LogP contribution is 2.17. The van der Waals surface area contributed by atoms with Gasteiger partial charge in [0.2, 0.25) is 5.43 Å². The van der Waals surface area contributed by atoms with Crippen LogP contribution in [0.25, 0.3) is 11.0 Å². The number of fused-ring (bicyclic) bond motifs is 1. The molecule has 2 N–H and O–H groups in total. The molecule has 20 heavy (non-hydrogen) atoms. The molecular formula is C13H13BrN2O4. The van der Waals surface area contributed by atoms with Crippen molar-refractivity contribution in [2.75, 3.05) is 0 Å². The van der Waals surface area contributed by atoms with Gasteiger partial charge in [0.25, 0.3) is 0 Å². The second-order valence-corrected chi connectivity index (χ2v) is 6.06. The van der Waals surface area contributed by atoms with Crippen LogP contribution in [0.3, 0.4) is 0 Å². The Hall–Kier alpha value is -1.73. The van der Waals surface area contributed by atoms with E-state index in [1.807, 2.05) is 0 Å². The van der Waals surface area contributed by atoms with E-state index in [4.69, 9.17) is 5.11 Å². The van der Waals surface area contributed by atoms with Gasteiger partial charge in [-0.25, -0.2) is 9.78 Å². The van der Waals surface area contributed by atoms with Crippen LogP contribution in [0.1, 0.15) is 24.2 Å². The molecule has 0 atom stereocenters. The van der Waals surface area contributed by atoms with Crippen molar-refractivity contribution in [2.24, 2.45) is 0 Å². The highest BCUT2D eigenvalue weighted by atomic mass is 79.9. The Kier molecular flexibility index (Phi) is 3.66. The summed E-state index contributed by atoms with van der Waals surface area (Å²) in [6.07, 6.45) is 2.73. The average molecular weight is 341 g/mol. The Labute approximate surface area is 122 Å². The van der Waals surface area contributed by atoms with Crippen molar-refractivity contribution >= 4 is 32.9 Å². The van der Waals surface area contributed by atoms with Crippen LogP contribution in [-0.2, 0) is 6.54 Å². The lowest BCUT2D eigenvalue weighted by atomic mass is 10.1. The first kappa shape index (κ1) is 14.7. The largest absolute Gasteiger partial charge is 0.477 e. The van der Waals surface area contributed by atoms with Crippen molar-refractivity contribution in [1.82, 2.24) is 9.55 Å². The number of carboxylic acids is 1. The number of halogens is 1. The van der Waals surface area contributed by atoms with Gasteiger partial charge in [0.1, 0.15) is 11.2 Å². The molecule has 106 valence electrons. The molecule has 0 aliphatic heterocycles. The highest BCUT2D eigenvalue weighted by molar-refractivity contribution is 9.10. The van der Waals surface area contributed by atoms with Crippen LogP contribution >= 0.6 is 15.9 Å². The van der Waals surface area contributed by atoms with Gasteiger partial charge in [0, 0.05) is 16.9 Å². The summed E-state index contributed by atoms with van der Waals surface area (Å²) in [5.41, 5.74) is -1.66. The minimum absolute atomic E-state index is 0.124. The van der Waals surface area contributed by atoms with Crippen molar-refractivity contribution < 1.29 is 15.0 Å². The van der Waals surface area contributed by atoms with Gasteiger partial charge < -0.3 is 14.8 Å². The lowest BCUT2D eigenvalue weighted by Crippen LogP contribution is -2.29. The zero-order valence-electron chi connectivity index (χ0n) is 10.9. The van der Waals surface area contributed by atoms with Crippen LogP contribution in [0.15, 0.2) is 27.7 Å². The van der Waals surface area contributed by atoms with Crippen molar-refractivity contribution in [2.45, 2.75) is 26.0 Å². The van der Waals surface area contributed by atoms with Crippen molar-refractivity contribution in [3.63, 3.8) is 0 Å². The number of rotatable bonds is 3. The first-order valence-corrected chi connectivity index (χ1v) is 6.63. The summed E-state index contributed by atoms with van der Waals surface area (Å²) in [6.45, 7) is 3.31. The zero-order chi connectivity index (χ0) is 15.1. The van der Waals surface area contributed by atoms with E-state index in [0.29, 0.717) is 10.1 Å². The fourth-order valence-electron chi connectivity index (χ4n) is 1.94. The molecule has 2 heterocycles. The Morgan fingerprint density at radius 1 is 1.50 bits per heavy atom. The van der Waals surface area contributed by atoms with Gasteiger partial charge in [-0.3, -0.25) is 4.79 Å². The number of aliphatic hydroxyl groups is 1. The molecule has 0 amide bonds. The molecule has 0 radical (unpaired) electrons. The molecule has 2 rings (SSSR count). The van der Waals surface area contributed by atoms with Gasteiger partial charge in [-0.15, -0.1) is 0 Å². The first-order chi connectivity index (χ1) is 9.19. The monoisotopic (exact) mass is 340 g/mol. The molecule has 0 spiro atoms. The minimum atomic E-state index is -1.30. The summed E-state index contributed by atoms with van der Waals surface area (Å²) in [7, 11) is 0. The standard InChI is InChI=1S/C13H13BrN2O4/c1-13(2,20)6-16-5-9(12(18)19)10(17)8-3-7(14)4-15-11(8)16/h3-5,20H,6H2,1-2H3,(H,18,19). The molecule has 0 fully saturated rings. The molecule has 0 bridgehead atoms. The van der Waals surface area contributed by atoms with E-state index in [-0.39, 0.29) is 17.5 Å². The normalized spacial score (nSPS) is 11.8. The predicted molar refractivity (Wildman–Crippen MR) is 77.0 cm³/mol. The fraction of sp³-hybridized carbons (Fsp3) is 0.308. The number of aromatic carboxylic acids is 1. The summed E-state index contributed by atoms with van der Waals surface area (Å²) < 4.78 is 2.06. The van der Waals surface area contributed by atoms with Crippen molar-refractivity contribution in [3.05, 3.63) is 38.7 Å². The second kappa shape index (κ2) is 4.99. The number of nitrogens with zero attached hydrogens (tertiary/aromatic N) is 2. The first-order valence-electron chi connectivity index (χ1n) is 5.83. The zero-order valence-corrected chi connectivity index (χ0v) is 12.5. The Balaban J connectivity index is 2.83. The van der Waals surface area contributed by atoms with E-state index in [0.717, 1.165) is 0 Å². The molecule has 0 aliphatic carbocycles. The Bertz CT molecular complexity index is 746. The number of hydrogen-bond donors (Lipinski definition) is 2. The van der Waals surface area contributed by atoms with E-state index in [1.54, 1.807) is 13.8 Å². The third-order valence-electron chi connectivity index (χ3n) is 2.67. The minimum Gasteiger partial charge on any atom is -0.477 e. The smallest absolute Gasteiger partial charge is 0.341 e. The number of aromatic nitrogens is 2. The molecule has 2 aromatic heterocycles. The molecule has 7 heteroatoms. The summed E-state index contributed by atoms with van der Waals surface area (Å²) in [4.78, 5) is 27.4. The highest BCUT2D eigenvalue weighted by Gasteiger charge is 2.19. The van der Waals surface area contributed by atoms with Gasteiger partial charge in [-0.2, -0.15) is 0 Å².